The number of carbonyl (C=O) groups excluding carboxylic acids is 1. The normalized spacial score (nSPS) is 16.8. The molecule has 1 heterocycles. The average Bonchev–Trinajstić information content (AvgIpc) is 2.96. The Morgan fingerprint density at radius 1 is 1.23 bits per heavy atom. The molecule has 0 spiro atoms. The van der Waals surface area contributed by atoms with Crippen LogP contribution in [0.25, 0.3) is 6.08 Å². The lowest BCUT2D eigenvalue weighted by Gasteiger charge is -2.03. The highest BCUT2D eigenvalue weighted by Crippen LogP contribution is 2.30. The minimum Gasteiger partial charge on any atom is -0.496 e. The largest absolute Gasteiger partial charge is 0.496 e. The van der Waals surface area contributed by atoms with Crippen molar-refractivity contribution in [1.82, 2.24) is 5.32 Å². The van der Waals surface area contributed by atoms with Gasteiger partial charge in [0.25, 0.3) is 5.91 Å². The molecule has 3 rings (SSSR count). The van der Waals surface area contributed by atoms with Gasteiger partial charge < -0.3 is 14.8 Å². The predicted octanol–water partition coefficient (Wildman–Crippen LogP) is 4.59. The van der Waals surface area contributed by atoms with E-state index in [1.165, 1.54) is 11.8 Å². The van der Waals surface area contributed by atoms with Gasteiger partial charge in [-0.25, -0.2) is 4.99 Å². The van der Waals surface area contributed by atoms with E-state index in [9.17, 15) is 4.79 Å². The number of nitrogens with zero attached hydrogens (tertiary/aromatic N) is 1. The van der Waals surface area contributed by atoms with Gasteiger partial charge in [-0.05, 0) is 89.3 Å². The molecule has 26 heavy (non-hydrogen) atoms. The second-order valence-corrected chi connectivity index (χ2v) is 7.50. The Balaban J connectivity index is 1.76. The summed E-state index contributed by atoms with van der Waals surface area (Å²) >= 11 is 3.53. The molecule has 7 heteroatoms. The summed E-state index contributed by atoms with van der Waals surface area (Å²) in [5.74, 6) is 1.47. The second kappa shape index (κ2) is 8.59. The van der Waals surface area contributed by atoms with E-state index in [1.54, 1.807) is 7.11 Å². The van der Waals surface area contributed by atoms with Crippen molar-refractivity contribution in [2.24, 2.45) is 4.99 Å². The zero-order valence-electron chi connectivity index (χ0n) is 14.3. The van der Waals surface area contributed by atoms with Crippen LogP contribution < -0.4 is 14.8 Å². The molecule has 1 amide bonds. The molecule has 0 atom stereocenters. The zero-order chi connectivity index (χ0) is 18.5. The number of hydrogen-bond donors (Lipinski definition) is 1. The maximum Gasteiger partial charge on any atom is 0.264 e. The van der Waals surface area contributed by atoms with Crippen molar-refractivity contribution in [2.45, 2.75) is 6.92 Å². The molecular formula is C19H17IN2O3S. The van der Waals surface area contributed by atoms with E-state index in [2.05, 4.69) is 32.9 Å². The van der Waals surface area contributed by atoms with Crippen molar-refractivity contribution >= 4 is 57.2 Å². The van der Waals surface area contributed by atoms with Crippen LogP contribution in [0.1, 0.15) is 12.5 Å². The number of rotatable bonds is 5. The summed E-state index contributed by atoms with van der Waals surface area (Å²) in [5.41, 5.74) is 1.70. The van der Waals surface area contributed by atoms with Crippen molar-refractivity contribution in [2.75, 3.05) is 13.7 Å². The summed E-state index contributed by atoms with van der Waals surface area (Å²) in [6, 6.07) is 13.2. The molecule has 1 aliphatic rings. The minimum atomic E-state index is -0.148. The minimum absolute atomic E-state index is 0.148. The highest BCUT2D eigenvalue weighted by atomic mass is 127. The first-order valence-electron chi connectivity index (χ1n) is 7.95. The van der Waals surface area contributed by atoms with Crippen LogP contribution >= 0.6 is 34.4 Å². The summed E-state index contributed by atoms with van der Waals surface area (Å²) in [5, 5.41) is 3.36. The number of nitrogens with one attached hydrogen (secondary N) is 1. The van der Waals surface area contributed by atoms with Crippen molar-refractivity contribution in [1.29, 1.82) is 0 Å². The maximum atomic E-state index is 12.2. The molecule has 0 aromatic heterocycles. The van der Waals surface area contributed by atoms with E-state index >= 15 is 0 Å². The summed E-state index contributed by atoms with van der Waals surface area (Å²) in [4.78, 5) is 17.3. The van der Waals surface area contributed by atoms with Crippen LogP contribution in [0.15, 0.2) is 52.4 Å². The maximum absolute atomic E-state index is 12.2. The van der Waals surface area contributed by atoms with Crippen molar-refractivity contribution < 1.29 is 14.3 Å². The quantitative estimate of drug-likeness (QED) is 0.503. The van der Waals surface area contributed by atoms with E-state index in [1.807, 2.05) is 55.5 Å². The van der Waals surface area contributed by atoms with Gasteiger partial charge in [-0.2, -0.15) is 0 Å². The predicted molar refractivity (Wildman–Crippen MR) is 114 cm³/mol. The monoisotopic (exact) mass is 480 g/mol. The summed E-state index contributed by atoms with van der Waals surface area (Å²) in [6.07, 6.45) is 1.85. The van der Waals surface area contributed by atoms with E-state index < -0.39 is 0 Å². The number of methoxy groups -OCH3 is 1. The first-order chi connectivity index (χ1) is 12.6. The fraction of sp³-hybridized carbons (Fsp3) is 0.158. The molecule has 5 nitrogen and oxygen atoms in total. The summed E-state index contributed by atoms with van der Waals surface area (Å²) < 4.78 is 11.7. The lowest BCUT2D eigenvalue weighted by molar-refractivity contribution is -0.115. The Hall–Kier alpha value is -2.00. The fourth-order valence-electron chi connectivity index (χ4n) is 2.31. The number of thioether (sulfide) groups is 1. The Morgan fingerprint density at radius 2 is 2.00 bits per heavy atom. The highest BCUT2D eigenvalue weighted by Gasteiger charge is 2.23. The number of carbonyl (C=O) groups is 1. The lowest BCUT2D eigenvalue weighted by Crippen LogP contribution is -2.19. The second-order valence-electron chi connectivity index (χ2n) is 5.30. The van der Waals surface area contributed by atoms with Crippen LogP contribution in [0, 0.1) is 3.57 Å². The van der Waals surface area contributed by atoms with Gasteiger partial charge in [0, 0.05) is 0 Å². The third-order valence-corrected chi connectivity index (χ3v) is 5.26. The third kappa shape index (κ3) is 4.59. The van der Waals surface area contributed by atoms with E-state index in [0.29, 0.717) is 16.7 Å². The molecule has 134 valence electrons. The van der Waals surface area contributed by atoms with Gasteiger partial charge in [0.2, 0.25) is 0 Å². The van der Waals surface area contributed by atoms with E-state index in [4.69, 9.17) is 9.47 Å². The van der Waals surface area contributed by atoms with Crippen LogP contribution in [0.2, 0.25) is 0 Å². The van der Waals surface area contributed by atoms with E-state index in [-0.39, 0.29) is 5.91 Å². The van der Waals surface area contributed by atoms with Crippen molar-refractivity contribution in [3.05, 3.63) is 56.5 Å². The topological polar surface area (TPSA) is 59.9 Å². The van der Waals surface area contributed by atoms with Crippen LogP contribution in [0.4, 0.5) is 5.69 Å². The molecule has 1 N–H and O–H groups in total. The standard InChI is InChI=1S/C19H17IN2O3S/c1-3-25-14-7-5-13(6-8-14)21-19-22-18(23)17(26-19)11-12-4-9-16(24-2)15(20)10-12/h4-11H,3H2,1-2H3,(H,21,22,23)/b17-11+. The summed E-state index contributed by atoms with van der Waals surface area (Å²) in [6.45, 7) is 2.56. The highest BCUT2D eigenvalue weighted by molar-refractivity contribution is 14.1. The van der Waals surface area contributed by atoms with Crippen molar-refractivity contribution in [3.8, 4) is 11.5 Å². The Bertz CT molecular complexity index is 879. The SMILES string of the molecule is CCOc1ccc(N=C2NC(=O)/C(=C\c3ccc(OC)c(I)c3)S2)cc1. The number of benzene rings is 2. The third-order valence-electron chi connectivity index (χ3n) is 3.50. The molecule has 0 radical (unpaired) electrons. The van der Waals surface area contributed by atoms with Crippen molar-refractivity contribution in [3.63, 3.8) is 0 Å². The molecule has 0 saturated carbocycles. The first-order valence-corrected chi connectivity index (χ1v) is 9.84. The van der Waals surface area contributed by atoms with Gasteiger partial charge in [-0.1, -0.05) is 6.07 Å². The number of hydrogen-bond acceptors (Lipinski definition) is 5. The van der Waals surface area contributed by atoms with Crippen LogP contribution in [-0.4, -0.2) is 24.8 Å². The Morgan fingerprint density at radius 3 is 2.65 bits per heavy atom. The zero-order valence-corrected chi connectivity index (χ0v) is 17.3. The van der Waals surface area contributed by atoms with Crippen LogP contribution in [0.3, 0.4) is 0 Å². The van der Waals surface area contributed by atoms with Gasteiger partial charge in [-0.15, -0.1) is 0 Å². The molecule has 0 aliphatic carbocycles. The first kappa shape index (κ1) is 18.8. The molecule has 1 saturated heterocycles. The van der Waals surface area contributed by atoms with Gasteiger partial charge in [-0.3, -0.25) is 4.79 Å². The molecule has 1 fully saturated rings. The van der Waals surface area contributed by atoms with Crippen LogP contribution in [0.5, 0.6) is 11.5 Å². The smallest absolute Gasteiger partial charge is 0.264 e. The molecular weight excluding hydrogens is 463 g/mol. The number of halogens is 1. The number of amides is 1. The van der Waals surface area contributed by atoms with Gasteiger partial charge in [0.05, 0.1) is 27.9 Å². The molecule has 2 aromatic rings. The number of ether oxygens (including phenoxy) is 2. The molecule has 0 unspecified atom stereocenters. The Labute approximate surface area is 170 Å². The Kier molecular flexibility index (Phi) is 6.20. The van der Waals surface area contributed by atoms with Gasteiger partial charge in [0.15, 0.2) is 5.17 Å². The number of aliphatic imine (C=N–C) groups is 1. The average molecular weight is 480 g/mol. The van der Waals surface area contributed by atoms with Gasteiger partial charge >= 0.3 is 0 Å². The lowest BCUT2D eigenvalue weighted by atomic mass is 10.2. The van der Waals surface area contributed by atoms with E-state index in [0.717, 1.165) is 26.3 Å². The van der Waals surface area contributed by atoms with Crippen LogP contribution in [-0.2, 0) is 4.79 Å². The molecule has 2 aromatic carbocycles. The fourth-order valence-corrected chi connectivity index (χ4v) is 3.91. The summed E-state index contributed by atoms with van der Waals surface area (Å²) in [7, 11) is 1.64. The van der Waals surface area contributed by atoms with Gasteiger partial charge in [0.1, 0.15) is 11.5 Å². The molecule has 1 aliphatic heterocycles. The number of amidine groups is 1. The molecule has 0 bridgehead atoms.